The SMILES string of the molecule is COc1ccccc1-c1nc(NC(=O)C(C)(C)S(=O)(=O)C2CCN(S(C)(=O)=O)CC2)n[nH]1. The third-order valence-electron chi connectivity index (χ3n) is 5.64. The van der Waals surface area contributed by atoms with Crippen LogP contribution in [0.15, 0.2) is 24.3 Å². The highest BCUT2D eigenvalue weighted by Gasteiger charge is 2.47. The third-order valence-corrected chi connectivity index (χ3v) is 9.90. The fourth-order valence-corrected chi connectivity index (χ4v) is 6.40. The standard InChI is InChI=1S/C19H27N5O6S2/c1-19(2,32(28,29)13-9-11-24(12-10-13)31(4,26)27)17(25)21-18-20-16(22-23-18)14-7-5-6-8-15(14)30-3/h5-8,13H,9-12H2,1-4H3,(H2,20,21,22,23,25). The van der Waals surface area contributed by atoms with E-state index in [4.69, 9.17) is 4.74 Å². The number of benzene rings is 1. The highest BCUT2D eigenvalue weighted by molar-refractivity contribution is 7.94. The number of hydrogen-bond donors (Lipinski definition) is 2. The van der Waals surface area contributed by atoms with Gasteiger partial charge < -0.3 is 4.74 Å². The van der Waals surface area contributed by atoms with Gasteiger partial charge in [0.25, 0.3) is 0 Å². The van der Waals surface area contributed by atoms with Crippen LogP contribution in [0.25, 0.3) is 11.4 Å². The Morgan fingerprint density at radius 3 is 2.41 bits per heavy atom. The zero-order valence-corrected chi connectivity index (χ0v) is 20.0. The summed E-state index contributed by atoms with van der Waals surface area (Å²) in [5.74, 6) is 0.0797. The van der Waals surface area contributed by atoms with E-state index < -0.39 is 35.8 Å². The smallest absolute Gasteiger partial charge is 0.249 e. The van der Waals surface area contributed by atoms with Gasteiger partial charge >= 0.3 is 0 Å². The Labute approximate surface area is 187 Å². The number of nitrogens with zero attached hydrogens (tertiary/aromatic N) is 3. The van der Waals surface area contributed by atoms with Crippen molar-refractivity contribution >= 4 is 31.7 Å². The van der Waals surface area contributed by atoms with E-state index in [-0.39, 0.29) is 31.9 Å². The maximum absolute atomic E-state index is 13.2. The number of methoxy groups -OCH3 is 1. The fourth-order valence-electron chi connectivity index (χ4n) is 3.55. The zero-order chi connectivity index (χ0) is 23.7. The van der Waals surface area contributed by atoms with Crippen LogP contribution in [0.2, 0.25) is 0 Å². The second kappa shape index (κ2) is 8.79. The number of carbonyl (C=O) groups excluding carboxylic acids is 1. The summed E-state index contributed by atoms with van der Waals surface area (Å²) in [6.45, 7) is 2.86. The number of piperidine rings is 1. The minimum atomic E-state index is -3.93. The average Bonchev–Trinajstić information content (AvgIpc) is 3.21. The molecule has 1 aliphatic rings. The average molecular weight is 486 g/mol. The number of anilines is 1. The molecule has 3 rings (SSSR count). The van der Waals surface area contributed by atoms with Gasteiger partial charge in [0.15, 0.2) is 15.7 Å². The highest BCUT2D eigenvalue weighted by atomic mass is 32.2. The molecule has 1 amide bonds. The first-order valence-electron chi connectivity index (χ1n) is 9.93. The Bertz CT molecular complexity index is 1200. The van der Waals surface area contributed by atoms with E-state index in [1.807, 2.05) is 0 Å². The van der Waals surface area contributed by atoms with Gasteiger partial charge in [0.05, 0.1) is 24.2 Å². The van der Waals surface area contributed by atoms with Gasteiger partial charge in [-0.15, -0.1) is 5.10 Å². The van der Waals surface area contributed by atoms with Crippen molar-refractivity contribution < 1.29 is 26.4 Å². The number of sulfonamides is 1. The zero-order valence-electron chi connectivity index (χ0n) is 18.3. The maximum atomic E-state index is 13.2. The summed E-state index contributed by atoms with van der Waals surface area (Å²) in [6.07, 6.45) is 1.35. The van der Waals surface area contributed by atoms with Crippen LogP contribution in [0, 0.1) is 0 Å². The molecule has 11 nitrogen and oxygen atoms in total. The number of hydrogen-bond acceptors (Lipinski definition) is 8. The largest absolute Gasteiger partial charge is 0.496 e. The molecule has 1 aromatic heterocycles. The predicted octanol–water partition coefficient (Wildman–Crippen LogP) is 1.04. The molecule has 1 aliphatic heterocycles. The van der Waals surface area contributed by atoms with E-state index in [1.165, 1.54) is 25.3 Å². The number of carbonyl (C=O) groups is 1. The number of para-hydroxylation sites is 1. The van der Waals surface area contributed by atoms with Crippen LogP contribution < -0.4 is 10.1 Å². The Hall–Kier alpha value is -2.51. The van der Waals surface area contributed by atoms with E-state index in [9.17, 15) is 21.6 Å². The Morgan fingerprint density at radius 1 is 1.19 bits per heavy atom. The molecule has 1 fully saturated rings. The summed E-state index contributed by atoms with van der Waals surface area (Å²) in [7, 11) is -5.79. The molecule has 13 heteroatoms. The first-order chi connectivity index (χ1) is 14.9. The summed E-state index contributed by atoms with van der Waals surface area (Å²) in [6, 6.07) is 7.11. The van der Waals surface area contributed by atoms with Crippen molar-refractivity contribution in [2.45, 2.75) is 36.7 Å². The van der Waals surface area contributed by atoms with Crippen molar-refractivity contribution in [1.29, 1.82) is 0 Å². The van der Waals surface area contributed by atoms with Gasteiger partial charge in [0.1, 0.15) is 10.5 Å². The number of ether oxygens (including phenoxy) is 1. The van der Waals surface area contributed by atoms with Crippen molar-refractivity contribution in [3.63, 3.8) is 0 Å². The Morgan fingerprint density at radius 2 is 1.81 bits per heavy atom. The van der Waals surface area contributed by atoms with Crippen molar-refractivity contribution in [3.05, 3.63) is 24.3 Å². The molecule has 176 valence electrons. The van der Waals surface area contributed by atoms with Gasteiger partial charge in [-0.25, -0.2) is 21.1 Å². The molecule has 32 heavy (non-hydrogen) atoms. The first-order valence-corrected chi connectivity index (χ1v) is 13.3. The van der Waals surface area contributed by atoms with Crippen molar-refractivity contribution in [1.82, 2.24) is 19.5 Å². The lowest BCUT2D eigenvalue weighted by Gasteiger charge is -2.34. The quantitative estimate of drug-likeness (QED) is 0.590. The summed E-state index contributed by atoms with van der Waals surface area (Å²) < 4.78 is 54.6. The van der Waals surface area contributed by atoms with E-state index in [1.54, 1.807) is 24.3 Å². The van der Waals surface area contributed by atoms with E-state index in [0.717, 1.165) is 6.26 Å². The van der Waals surface area contributed by atoms with Crippen LogP contribution >= 0.6 is 0 Å². The van der Waals surface area contributed by atoms with Crippen LogP contribution in [0.1, 0.15) is 26.7 Å². The van der Waals surface area contributed by atoms with Gasteiger partial charge in [-0.05, 0) is 38.8 Å². The lowest BCUT2D eigenvalue weighted by atomic mass is 10.1. The normalized spacial score (nSPS) is 16.6. The summed E-state index contributed by atoms with van der Waals surface area (Å²) in [4.78, 5) is 17.1. The second-order valence-electron chi connectivity index (χ2n) is 8.08. The molecule has 0 bridgehead atoms. The summed E-state index contributed by atoms with van der Waals surface area (Å²) in [5.41, 5.74) is 0.632. The molecule has 0 radical (unpaired) electrons. The van der Waals surface area contributed by atoms with Crippen LogP contribution in [0.5, 0.6) is 5.75 Å². The van der Waals surface area contributed by atoms with E-state index in [0.29, 0.717) is 17.1 Å². The summed E-state index contributed by atoms with van der Waals surface area (Å²) >= 11 is 0. The van der Waals surface area contributed by atoms with Gasteiger partial charge in [-0.2, -0.15) is 4.98 Å². The minimum absolute atomic E-state index is 0.0638. The first kappa shape index (κ1) is 24.1. The third kappa shape index (κ3) is 4.64. The molecule has 0 unspecified atom stereocenters. The van der Waals surface area contributed by atoms with Crippen LogP contribution in [0.4, 0.5) is 5.95 Å². The Balaban J connectivity index is 1.74. The van der Waals surface area contributed by atoms with Crippen LogP contribution in [-0.4, -0.2) is 78.7 Å². The minimum Gasteiger partial charge on any atom is -0.496 e. The fraction of sp³-hybridized carbons (Fsp3) is 0.526. The molecule has 0 spiro atoms. The van der Waals surface area contributed by atoms with Crippen molar-refractivity contribution in [3.8, 4) is 17.1 Å². The number of aromatic amines is 1. The number of amides is 1. The molecular formula is C19H27N5O6S2. The molecule has 2 aromatic rings. The molecule has 2 N–H and O–H groups in total. The van der Waals surface area contributed by atoms with E-state index >= 15 is 0 Å². The van der Waals surface area contributed by atoms with Gasteiger partial charge in [-0.1, -0.05) is 12.1 Å². The predicted molar refractivity (Wildman–Crippen MR) is 119 cm³/mol. The molecule has 0 atom stereocenters. The highest BCUT2D eigenvalue weighted by Crippen LogP contribution is 2.30. The number of H-pyrrole nitrogens is 1. The lowest BCUT2D eigenvalue weighted by Crippen LogP contribution is -2.52. The molecule has 0 aliphatic carbocycles. The number of rotatable bonds is 7. The van der Waals surface area contributed by atoms with Gasteiger partial charge in [-0.3, -0.25) is 15.2 Å². The number of nitrogens with one attached hydrogen (secondary N) is 2. The van der Waals surface area contributed by atoms with Gasteiger partial charge in [0.2, 0.25) is 21.9 Å². The van der Waals surface area contributed by atoms with Crippen molar-refractivity contribution in [2.75, 3.05) is 31.8 Å². The monoisotopic (exact) mass is 485 g/mol. The second-order valence-corrected chi connectivity index (χ2v) is 12.8. The summed E-state index contributed by atoms with van der Waals surface area (Å²) in [5, 5.41) is 8.32. The maximum Gasteiger partial charge on any atom is 0.249 e. The molecule has 2 heterocycles. The molecular weight excluding hydrogens is 458 g/mol. The van der Waals surface area contributed by atoms with Crippen LogP contribution in [0.3, 0.4) is 0 Å². The van der Waals surface area contributed by atoms with Crippen LogP contribution in [-0.2, 0) is 24.7 Å². The molecule has 0 saturated carbocycles. The molecule has 1 aromatic carbocycles. The van der Waals surface area contributed by atoms with Crippen molar-refractivity contribution in [2.24, 2.45) is 0 Å². The number of sulfone groups is 1. The van der Waals surface area contributed by atoms with Gasteiger partial charge in [0, 0.05) is 13.1 Å². The lowest BCUT2D eigenvalue weighted by molar-refractivity contribution is -0.117. The topological polar surface area (TPSA) is 151 Å². The molecule has 1 saturated heterocycles. The Kier molecular flexibility index (Phi) is 6.63. The van der Waals surface area contributed by atoms with E-state index in [2.05, 4.69) is 20.5 Å². The number of aromatic nitrogens is 3.